The molecule has 0 bridgehead atoms. The topological polar surface area (TPSA) is 145 Å². The lowest BCUT2D eigenvalue weighted by molar-refractivity contribution is -0.385. The van der Waals surface area contributed by atoms with Crippen molar-refractivity contribution in [2.45, 2.75) is 0 Å². The largest absolute Gasteiger partial charge is 0.484 e. The number of amides is 2. The first-order valence-electron chi connectivity index (χ1n) is 12.8. The summed E-state index contributed by atoms with van der Waals surface area (Å²) in [6.07, 6.45) is 0. The van der Waals surface area contributed by atoms with Gasteiger partial charge in [-0.1, -0.05) is 36.4 Å². The summed E-state index contributed by atoms with van der Waals surface area (Å²) in [5.74, 6) is -0.179. The van der Waals surface area contributed by atoms with Gasteiger partial charge < -0.3 is 19.3 Å². The molecular weight excluding hydrogens is 544 g/mol. The van der Waals surface area contributed by atoms with Crippen LogP contribution in [-0.2, 0) is 9.59 Å². The molecule has 4 aromatic rings. The lowest BCUT2D eigenvalue weighted by Crippen LogP contribution is -2.44. The minimum atomic E-state index is -0.525. The van der Waals surface area contributed by atoms with Crippen LogP contribution in [0.3, 0.4) is 0 Å². The van der Waals surface area contributed by atoms with E-state index < -0.39 is 9.85 Å². The maximum Gasteiger partial charge on any atom is 0.269 e. The second kappa shape index (κ2) is 14.0. The predicted octanol–water partition coefficient (Wildman–Crippen LogP) is 5.03. The van der Waals surface area contributed by atoms with Crippen molar-refractivity contribution in [2.75, 3.05) is 36.1 Å². The van der Waals surface area contributed by atoms with Gasteiger partial charge >= 0.3 is 0 Å². The summed E-state index contributed by atoms with van der Waals surface area (Å²) in [7, 11) is 0. The Kier molecular flexibility index (Phi) is 9.76. The fraction of sp³-hybridized carbons (Fsp3) is 0.133. The van der Waals surface area contributed by atoms with Crippen molar-refractivity contribution in [1.82, 2.24) is 0 Å². The summed E-state index contributed by atoms with van der Waals surface area (Å²) in [6.45, 7) is -0.445. The molecule has 2 amide bonds. The van der Waals surface area contributed by atoms with Gasteiger partial charge in [0.05, 0.1) is 9.85 Å². The molecule has 214 valence electrons. The summed E-state index contributed by atoms with van der Waals surface area (Å²) < 4.78 is 11.2. The number of ether oxygens (including phenoxy) is 2. The van der Waals surface area contributed by atoms with Crippen molar-refractivity contribution in [3.05, 3.63) is 129 Å². The quantitative estimate of drug-likeness (QED) is 0.161. The molecule has 0 aromatic heterocycles. The van der Waals surface area contributed by atoms with Crippen molar-refractivity contribution >= 4 is 34.6 Å². The Hall–Kier alpha value is -5.78. The van der Waals surface area contributed by atoms with Crippen LogP contribution in [0.25, 0.3) is 0 Å². The highest BCUT2D eigenvalue weighted by molar-refractivity contribution is 5.96. The highest BCUT2D eigenvalue weighted by Gasteiger charge is 2.22. The molecule has 0 fully saturated rings. The number of hydrogen-bond donors (Lipinski definition) is 0. The smallest absolute Gasteiger partial charge is 0.269 e. The van der Waals surface area contributed by atoms with Gasteiger partial charge in [-0.3, -0.25) is 29.8 Å². The van der Waals surface area contributed by atoms with Gasteiger partial charge in [-0.25, -0.2) is 0 Å². The van der Waals surface area contributed by atoms with E-state index in [4.69, 9.17) is 9.47 Å². The molecule has 0 aliphatic rings. The fourth-order valence-electron chi connectivity index (χ4n) is 3.99. The number of nitro groups is 2. The van der Waals surface area contributed by atoms with Crippen molar-refractivity contribution in [1.29, 1.82) is 0 Å². The zero-order valence-corrected chi connectivity index (χ0v) is 22.3. The maximum absolute atomic E-state index is 13.3. The highest BCUT2D eigenvalue weighted by Crippen LogP contribution is 2.21. The summed E-state index contributed by atoms with van der Waals surface area (Å²) in [6, 6.07) is 28.6. The number of anilines is 2. The summed E-state index contributed by atoms with van der Waals surface area (Å²) in [4.78, 5) is 50.4. The Balaban J connectivity index is 1.46. The molecule has 0 aliphatic heterocycles. The molecule has 0 atom stereocenters. The molecule has 0 N–H and O–H groups in total. The van der Waals surface area contributed by atoms with Crippen molar-refractivity contribution in [3.63, 3.8) is 0 Å². The fourth-order valence-corrected chi connectivity index (χ4v) is 3.99. The normalized spacial score (nSPS) is 10.4. The van der Waals surface area contributed by atoms with E-state index in [0.29, 0.717) is 22.9 Å². The SMILES string of the molecule is O=C(COc1ccc([N+](=O)[O-])cc1)N(CCN(C(=O)COc1ccc([N+](=O)[O-])cc1)c1ccccc1)c1ccccc1. The van der Waals surface area contributed by atoms with Gasteiger partial charge in [0.1, 0.15) is 11.5 Å². The standard InChI is InChI=1S/C30H26N4O8/c35-29(21-41-27-15-11-25(12-16-27)33(37)38)31(23-7-3-1-4-8-23)19-20-32(24-9-5-2-6-10-24)30(36)22-42-28-17-13-26(14-18-28)34(39)40/h1-18H,19-22H2. The van der Waals surface area contributed by atoms with Crippen LogP contribution < -0.4 is 19.3 Å². The second-order valence-corrected chi connectivity index (χ2v) is 8.84. The summed E-state index contributed by atoms with van der Waals surface area (Å²) >= 11 is 0. The van der Waals surface area contributed by atoms with E-state index in [2.05, 4.69) is 0 Å². The molecule has 0 saturated carbocycles. The second-order valence-electron chi connectivity index (χ2n) is 8.84. The molecule has 0 saturated heterocycles. The molecule has 0 heterocycles. The van der Waals surface area contributed by atoms with E-state index in [1.54, 1.807) is 48.5 Å². The van der Waals surface area contributed by atoms with Crippen LogP contribution in [0.4, 0.5) is 22.7 Å². The number of rotatable bonds is 13. The van der Waals surface area contributed by atoms with E-state index in [1.807, 2.05) is 12.1 Å². The lowest BCUT2D eigenvalue weighted by Gasteiger charge is -2.28. The van der Waals surface area contributed by atoms with Crippen LogP contribution in [0, 0.1) is 20.2 Å². The van der Waals surface area contributed by atoms with Crippen LogP contribution in [0.5, 0.6) is 11.5 Å². The van der Waals surface area contributed by atoms with Crippen LogP contribution >= 0.6 is 0 Å². The van der Waals surface area contributed by atoms with E-state index in [1.165, 1.54) is 58.3 Å². The number of benzene rings is 4. The van der Waals surface area contributed by atoms with Crippen LogP contribution in [0.1, 0.15) is 0 Å². The third-order valence-corrected chi connectivity index (χ3v) is 6.10. The average molecular weight is 571 g/mol. The number of nitrogens with zero attached hydrogens (tertiary/aromatic N) is 4. The predicted molar refractivity (Wildman–Crippen MR) is 155 cm³/mol. The Morgan fingerprint density at radius 3 is 1.19 bits per heavy atom. The zero-order valence-electron chi connectivity index (χ0n) is 22.3. The first kappa shape index (κ1) is 29.2. The van der Waals surface area contributed by atoms with Crippen molar-refractivity contribution in [2.24, 2.45) is 0 Å². The number of carbonyl (C=O) groups is 2. The monoisotopic (exact) mass is 570 g/mol. The number of non-ortho nitro benzene ring substituents is 2. The van der Waals surface area contributed by atoms with Gasteiger partial charge in [0, 0.05) is 48.7 Å². The lowest BCUT2D eigenvalue weighted by atomic mass is 10.2. The minimum absolute atomic E-state index is 0.0946. The van der Waals surface area contributed by atoms with Crippen LogP contribution in [-0.4, -0.2) is 48.0 Å². The Morgan fingerprint density at radius 1 is 0.548 bits per heavy atom. The third kappa shape index (κ3) is 7.88. The van der Waals surface area contributed by atoms with Crippen molar-refractivity contribution in [3.8, 4) is 11.5 Å². The van der Waals surface area contributed by atoms with Gasteiger partial charge in [-0.05, 0) is 48.5 Å². The minimum Gasteiger partial charge on any atom is -0.484 e. The van der Waals surface area contributed by atoms with Gasteiger partial charge in [-0.15, -0.1) is 0 Å². The van der Waals surface area contributed by atoms with Gasteiger partial charge in [0.15, 0.2) is 13.2 Å². The molecule has 0 aliphatic carbocycles. The van der Waals surface area contributed by atoms with Gasteiger partial charge in [0.2, 0.25) is 0 Å². The molecule has 12 nitrogen and oxygen atoms in total. The summed E-state index contributed by atoms with van der Waals surface area (Å²) in [5.41, 5.74) is 1.00. The Morgan fingerprint density at radius 2 is 0.881 bits per heavy atom. The molecule has 12 heteroatoms. The first-order chi connectivity index (χ1) is 20.3. The zero-order chi connectivity index (χ0) is 29.9. The molecule has 0 radical (unpaired) electrons. The van der Waals surface area contributed by atoms with Crippen molar-refractivity contribution < 1.29 is 28.9 Å². The van der Waals surface area contributed by atoms with E-state index in [0.717, 1.165) is 0 Å². The number of hydrogen-bond acceptors (Lipinski definition) is 8. The molecular formula is C30H26N4O8. The van der Waals surface area contributed by atoms with E-state index in [-0.39, 0.29) is 49.5 Å². The molecule has 0 unspecified atom stereocenters. The molecule has 4 aromatic carbocycles. The van der Waals surface area contributed by atoms with E-state index >= 15 is 0 Å². The van der Waals surface area contributed by atoms with Gasteiger partial charge in [0.25, 0.3) is 23.2 Å². The average Bonchev–Trinajstić information content (AvgIpc) is 3.02. The van der Waals surface area contributed by atoms with Crippen LogP contribution in [0.15, 0.2) is 109 Å². The Bertz CT molecular complexity index is 1400. The number of para-hydroxylation sites is 2. The van der Waals surface area contributed by atoms with Gasteiger partial charge in [-0.2, -0.15) is 0 Å². The van der Waals surface area contributed by atoms with E-state index in [9.17, 15) is 29.8 Å². The number of carbonyl (C=O) groups excluding carboxylic acids is 2. The third-order valence-electron chi connectivity index (χ3n) is 6.10. The molecule has 4 rings (SSSR count). The van der Waals surface area contributed by atoms with Crippen LogP contribution in [0.2, 0.25) is 0 Å². The number of nitro benzene ring substituents is 2. The Labute approximate surface area is 240 Å². The first-order valence-corrected chi connectivity index (χ1v) is 12.8. The highest BCUT2D eigenvalue weighted by atomic mass is 16.6. The molecule has 0 spiro atoms. The maximum atomic E-state index is 13.3. The summed E-state index contributed by atoms with van der Waals surface area (Å²) in [5, 5.41) is 21.8. The molecule has 42 heavy (non-hydrogen) atoms.